The number of rotatable bonds is 7. The maximum atomic E-state index is 13.0. The van der Waals surface area contributed by atoms with Gasteiger partial charge < -0.3 is 19.3 Å². The van der Waals surface area contributed by atoms with Crippen LogP contribution in [0.2, 0.25) is 0 Å². The number of fused-ring (bicyclic) bond motifs is 1. The summed E-state index contributed by atoms with van der Waals surface area (Å²) in [5, 5.41) is 10.4. The molecule has 0 bridgehead atoms. The number of amides is 1. The van der Waals surface area contributed by atoms with Crippen molar-refractivity contribution in [3.05, 3.63) is 29.5 Å². The first kappa shape index (κ1) is 18.3. The number of carbonyl (C=O) groups is 1. The highest BCUT2D eigenvalue weighted by atomic mass is 16.5. The number of hydrogen-bond acceptors (Lipinski definition) is 3. The van der Waals surface area contributed by atoms with E-state index >= 15 is 0 Å². The smallest absolute Gasteiger partial charge is 0.256 e. The second kappa shape index (κ2) is 7.71. The number of aliphatic hydroxyl groups excluding tert-OH is 1. The van der Waals surface area contributed by atoms with Crippen molar-refractivity contribution in [2.45, 2.75) is 46.3 Å². The number of ether oxygens (including phenoxy) is 1. The lowest BCUT2D eigenvalue weighted by atomic mass is 10.1. The Balaban J connectivity index is 2.50. The Hall–Kier alpha value is -2.01. The van der Waals surface area contributed by atoms with Gasteiger partial charge in [0.15, 0.2) is 0 Å². The largest absolute Gasteiger partial charge is 0.497 e. The molecule has 1 N–H and O–H groups in total. The fraction of sp³-hybridized carbons (Fsp3) is 0.526. The lowest BCUT2D eigenvalue weighted by Crippen LogP contribution is -2.30. The zero-order chi connectivity index (χ0) is 17.9. The molecule has 5 nitrogen and oxygen atoms in total. The van der Waals surface area contributed by atoms with E-state index in [1.165, 1.54) is 0 Å². The highest BCUT2D eigenvalue weighted by molar-refractivity contribution is 6.08. The quantitative estimate of drug-likeness (QED) is 0.847. The summed E-state index contributed by atoms with van der Waals surface area (Å²) < 4.78 is 7.54. The minimum absolute atomic E-state index is 0.0127. The summed E-state index contributed by atoms with van der Waals surface area (Å²) in [4.78, 5) is 14.7. The first-order valence-electron chi connectivity index (χ1n) is 8.51. The van der Waals surface area contributed by atoms with Crippen LogP contribution in [0.1, 0.15) is 42.7 Å². The third-order valence-corrected chi connectivity index (χ3v) is 4.42. The number of hydrogen-bond donors (Lipinski definition) is 1. The van der Waals surface area contributed by atoms with Crippen LogP contribution in [-0.4, -0.2) is 47.3 Å². The molecule has 0 radical (unpaired) electrons. The van der Waals surface area contributed by atoms with E-state index < -0.39 is 6.10 Å². The summed E-state index contributed by atoms with van der Waals surface area (Å²) in [7, 11) is 3.42. The van der Waals surface area contributed by atoms with Crippen LogP contribution in [0.15, 0.2) is 18.2 Å². The average molecular weight is 332 g/mol. The lowest BCUT2D eigenvalue weighted by Gasteiger charge is -2.18. The van der Waals surface area contributed by atoms with E-state index in [0.717, 1.165) is 40.9 Å². The second-order valence-electron chi connectivity index (χ2n) is 6.36. The summed E-state index contributed by atoms with van der Waals surface area (Å²) in [5.74, 6) is 0.734. The molecule has 1 amide bonds. The summed E-state index contributed by atoms with van der Waals surface area (Å²) in [6.07, 6.45) is 1.16. The van der Waals surface area contributed by atoms with Crippen LogP contribution in [-0.2, 0) is 6.54 Å². The predicted octanol–water partition coefficient (Wildman–Crippen LogP) is 3.21. The van der Waals surface area contributed by atoms with E-state index in [1.807, 2.05) is 25.1 Å². The molecule has 1 atom stereocenters. The van der Waals surface area contributed by atoms with Gasteiger partial charge in [-0.05, 0) is 44.9 Å². The van der Waals surface area contributed by atoms with Gasteiger partial charge in [0.05, 0.1) is 18.8 Å². The molecule has 2 rings (SSSR count). The monoisotopic (exact) mass is 332 g/mol. The number of nitrogens with zero attached hydrogens (tertiary/aromatic N) is 2. The summed E-state index contributed by atoms with van der Waals surface area (Å²) in [6.45, 7) is 7.27. The third kappa shape index (κ3) is 3.56. The van der Waals surface area contributed by atoms with Crippen molar-refractivity contribution in [1.82, 2.24) is 9.47 Å². The average Bonchev–Trinajstić information content (AvgIpc) is 2.83. The molecule has 24 heavy (non-hydrogen) atoms. The molecular weight excluding hydrogens is 304 g/mol. The number of methoxy groups -OCH3 is 1. The molecule has 0 aliphatic heterocycles. The molecule has 0 saturated carbocycles. The van der Waals surface area contributed by atoms with E-state index in [0.29, 0.717) is 13.0 Å². The molecule has 0 spiro atoms. The minimum Gasteiger partial charge on any atom is -0.497 e. The molecule has 0 aliphatic carbocycles. The van der Waals surface area contributed by atoms with E-state index in [9.17, 15) is 9.90 Å². The van der Waals surface area contributed by atoms with Gasteiger partial charge in [-0.3, -0.25) is 4.79 Å². The van der Waals surface area contributed by atoms with Crippen LogP contribution in [0.3, 0.4) is 0 Å². The first-order valence-corrected chi connectivity index (χ1v) is 8.51. The van der Waals surface area contributed by atoms with Gasteiger partial charge in [-0.2, -0.15) is 0 Å². The van der Waals surface area contributed by atoms with Crippen molar-refractivity contribution in [1.29, 1.82) is 0 Å². The van der Waals surface area contributed by atoms with Gasteiger partial charge in [-0.15, -0.1) is 0 Å². The van der Waals surface area contributed by atoms with Gasteiger partial charge >= 0.3 is 0 Å². The number of aryl methyl sites for hydroxylation is 1. The Kier molecular flexibility index (Phi) is 5.89. The number of carbonyl (C=O) groups excluding carboxylic acids is 1. The molecule has 0 saturated heterocycles. The van der Waals surface area contributed by atoms with Gasteiger partial charge in [-0.1, -0.05) is 6.92 Å². The summed E-state index contributed by atoms with van der Waals surface area (Å²) >= 11 is 0. The fourth-order valence-electron chi connectivity index (χ4n) is 3.04. The van der Waals surface area contributed by atoms with E-state index in [2.05, 4.69) is 11.5 Å². The van der Waals surface area contributed by atoms with Gasteiger partial charge in [0, 0.05) is 36.7 Å². The van der Waals surface area contributed by atoms with Crippen LogP contribution in [0.4, 0.5) is 0 Å². The molecule has 1 heterocycles. The zero-order valence-electron chi connectivity index (χ0n) is 15.3. The van der Waals surface area contributed by atoms with E-state index in [4.69, 9.17) is 4.74 Å². The molecule has 5 heteroatoms. The standard InChI is InChI=1S/C19H28N2O3/c1-6-10-21-14(3)18(19(23)20(4)11-9-13(2)22)16-12-15(24-5)7-8-17(16)21/h7-8,12-13,22H,6,9-11H2,1-5H3. The van der Waals surface area contributed by atoms with Gasteiger partial charge in [0.2, 0.25) is 0 Å². The molecule has 2 aromatic rings. The Morgan fingerprint density at radius 3 is 2.71 bits per heavy atom. The molecule has 1 aromatic heterocycles. The number of aromatic nitrogens is 1. The highest BCUT2D eigenvalue weighted by Crippen LogP contribution is 2.30. The first-order chi connectivity index (χ1) is 11.4. The van der Waals surface area contributed by atoms with Crippen molar-refractivity contribution in [2.75, 3.05) is 20.7 Å². The lowest BCUT2D eigenvalue weighted by molar-refractivity contribution is 0.0770. The summed E-state index contributed by atoms with van der Waals surface area (Å²) in [6, 6.07) is 5.88. The van der Waals surface area contributed by atoms with Crippen LogP contribution in [0.25, 0.3) is 10.9 Å². The van der Waals surface area contributed by atoms with Crippen LogP contribution in [0, 0.1) is 6.92 Å². The summed E-state index contributed by atoms with van der Waals surface area (Å²) in [5.41, 5.74) is 2.77. The SMILES string of the molecule is CCCn1c(C)c(C(=O)N(C)CCC(C)O)c2cc(OC)ccc21. The number of aliphatic hydroxyl groups is 1. The fourth-order valence-corrected chi connectivity index (χ4v) is 3.04. The van der Waals surface area contributed by atoms with Crippen molar-refractivity contribution in [3.8, 4) is 5.75 Å². The maximum absolute atomic E-state index is 13.0. The molecule has 0 aliphatic rings. The van der Waals surface area contributed by atoms with Crippen molar-refractivity contribution < 1.29 is 14.6 Å². The Morgan fingerprint density at radius 2 is 2.12 bits per heavy atom. The van der Waals surface area contributed by atoms with Gasteiger partial charge in [0.1, 0.15) is 5.75 Å². The van der Waals surface area contributed by atoms with Crippen molar-refractivity contribution >= 4 is 16.8 Å². The third-order valence-electron chi connectivity index (χ3n) is 4.42. The van der Waals surface area contributed by atoms with Crippen LogP contribution in [0.5, 0.6) is 5.75 Å². The zero-order valence-corrected chi connectivity index (χ0v) is 15.3. The van der Waals surface area contributed by atoms with E-state index in [1.54, 1.807) is 26.0 Å². The molecule has 1 unspecified atom stereocenters. The maximum Gasteiger partial charge on any atom is 0.256 e. The molecule has 0 fully saturated rings. The van der Waals surface area contributed by atoms with Crippen molar-refractivity contribution in [2.24, 2.45) is 0 Å². The number of benzene rings is 1. The molecule has 1 aromatic carbocycles. The minimum atomic E-state index is -0.414. The Bertz CT molecular complexity index is 719. The Labute approximate surface area is 143 Å². The Morgan fingerprint density at radius 1 is 1.42 bits per heavy atom. The second-order valence-corrected chi connectivity index (χ2v) is 6.36. The normalized spacial score (nSPS) is 12.4. The van der Waals surface area contributed by atoms with Crippen LogP contribution < -0.4 is 4.74 Å². The molecule has 132 valence electrons. The molecular formula is C19H28N2O3. The van der Waals surface area contributed by atoms with Gasteiger partial charge in [0.25, 0.3) is 5.91 Å². The highest BCUT2D eigenvalue weighted by Gasteiger charge is 2.23. The van der Waals surface area contributed by atoms with Crippen molar-refractivity contribution in [3.63, 3.8) is 0 Å². The van der Waals surface area contributed by atoms with E-state index in [-0.39, 0.29) is 5.91 Å². The van der Waals surface area contributed by atoms with Crippen LogP contribution >= 0.6 is 0 Å². The van der Waals surface area contributed by atoms with Gasteiger partial charge in [-0.25, -0.2) is 0 Å². The topological polar surface area (TPSA) is 54.7 Å². The predicted molar refractivity (Wildman–Crippen MR) is 96.8 cm³/mol.